The SMILES string of the molecule is COC(=O)[C@@H]1C[C@H]1C(=O)N1CCN(C2CC2)CC1. The second kappa shape index (κ2) is 4.53. The van der Waals surface area contributed by atoms with Gasteiger partial charge in [-0.25, -0.2) is 0 Å². The van der Waals surface area contributed by atoms with Crippen LogP contribution in [0.1, 0.15) is 19.3 Å². The van der Waals surface area contributed by atoms with Crippen LogP contribution < -0.4 is 0 Å². The Morgan fingerprint density at radius 2 is 1.72 bits per heavy atom. The number of esters is 1. The van der Waals surface area contributed by atoms with Crippen molar-refractivity contribution in [3.63, 3.8) is 0 Å². The molecule has 3 aliphatic rings. The number of hydrogen-bond donors (Lipinski definition) is 0. The van der Waals surface area contributed by atoms with E-state index < -0.39 is 0 Å². The molecule has 1 aliphatic heterocycles. The summed E-state index contributed by atoms with van der Waals surface area (Å²) in [6.45, 7) is 3.62. The van der Waals surface area contributed by atoms with Crippen molar-refractivity contribution in [2.24, 2.45) is 11.8 Å². The number of rotatable bonds is 3. The minimum Gasteiger partial charge on any atom is -0.469 e. The Kier molecular flexibility index (Phi) is 3.01. The molecule has 0 aromatic carbocycles. The number of hydrogen-bond acceptors (Lipinski definition) is 4. The Morgan fingerprint density at radius 1 is 1.06 bits per heavy atom. The van der Waals surface area contributed by atoms with Crippen LogP contribution in [0.25, 0.3) is 0 Å². The maximum Gasteiger partial charge on any atom is 0.309 e. The summed E-state index contributed by atoms with van der Waals surface area (Å²) in [4.78, 5) is 27.9. The zero-order valence-electron chi connectivity index (χ0n) is 10.8. The van der Waals surface area contributed by atoms with E-state index in [4.69, 9.17) is 0 Å². The number of ether oxygens (including phenoxy) is 1. The highest BCUT2D eigenvalue weighted by molar-refractivity contribution is 5.90. The molecule has 0 spiro atoms. The molecule has 1 amide bonds. The molecule has 0 aromatic heterocycles. The lowest BCUT2D eigenvalue weighted by molar-refractivity contribution is -0.145. The predicted octanol–water partition coefficient (Wildman–Crippen LogP) is 0.102. The van der Waals surface area contributed by atoms with Crippen molar-refractivity contribution in [3.8, 4) is 0 Å². The van der Waals surface area contributed by atoms with Gasteiger partial charge in [-0.15, -0.1) is 0 Å². The van der Waals surface area contributed by atoms with E-state index in [9.17, 15) is 9.59 Å². The highest BCUT2D eigenvalue weighted by atomic mass is 16.5. The van der Waals surface area contributed by atoms with E-state index in [1.807, 2.05) is 4.90 Å². The molecule has 1 saturated heterocycles. The summed E-state index contributed by atoms with van der Waals surface area (Å²) in [5.41, 5.74) is 0. The average molecular weight is 252 g/mol. The molecule has 2 saturated carbocycles. The number of methoxy groups -OCH3 is 1. The van der Waals surface area contributed by atoms with Crippen LogP contribution >= 0.6 is 0 Å². The zero-order chi connectivity index (χ0) is 12.7. The maximum absolute atomic E-state index is 12.2. The monoisotopic (exact) mass is 252 g/mol. The second-order valence-electron chi connectivity index (χ2n) is 5.56. The largest absolute Gasteiger partial charge is 0.469 e. The van der Waals surface area contributed by atoms with Crippen LogP contribution in [0, 0.1) is 11.8 Å². The van der Waals surface area contributed by atoms with Gasteiger partial charge in [-0.2, -0.15) is 0 Å². The van der Waals surface area contributed by atoms with Gasteiger partial charge in [0.2, 0.25) is 5.91 Å². The molecule has 2 atom stereocenters. The van der Waals surface area contributed by atoms with Crippen molar-refractivity contribution in [1.82, 2.24) is 9.80 Å². The van der Waals surface area contributed by atoms with Crippen LogP contribution in [-0.4, -0.2) is 61.0 Å². The molecule has 1 heterocycles. The van der Waals surface area contributed by atoms with Crippen LogP contribution in [0.5, 0.6) is 0 Å². The summed E-state index contributed by atoms with van der Waals surface area (Å²) in [5, 5.41) is 0. The number of piperazine rings is 1. The van der Waals surface area contributed by atoms with Crippen LogP contribution in [0.3, 0.4) is 0 Å². The first-order valence-corrected chi connectivity index (χ1v) is 6.81. The van der Waals surface area contributed by atoms with Gasteiger partial charge in [0.1, 0.15) is 0 Å². The second-order valence-corrected chi connectivity index (χ2v) is 5.56. The third-order valence-corrected chi connectivity index (χ3v) is 4.30. The van der Waals surface area contributed by atoms with E-state index >= 15 is 0 Å². The van der Waals surface area contributed by atoms with Gasteiger partial charge in [0, 0.05) is 32.2 Å². The predicted molar refractivity (Wildman–Crippen MR) is 64.8 cm³/mol. The van der Waals surface area contributed by atoms with Crippen LogP contribution in [-0.2, 0) is 14.3 Å². The molecule has 0 radical (unpaired) electrons. The topological polar surface area (TPSA) is 49.9 Å². The highest BCUT2D eigenvalue weighted by Gasteiger charge is 2.50. The van der Waals surface area contributed by atoms with Gasteiger partial charge in [0.25, 0.3) is 0 Å². The molecule has 0 bridgehead atoms. The van der Waals surface area contributed by atoms with E-state index in [-0.39, 0.29) is 23.7 Å². The maximum atomic E-state index is 12.2. The Labute approximate surface area is 107 Å². The smallest absolute Gasteiger partial charge is 0.309 e. The quantitative estimate of drug-likeness (QED) is 0.669. The van der Waals surface area contributed by atoms with Crippen LogP contribution in [0.15, 0.2) is 0 Å². The molecule has 0 aromatic rings. The Hall–Kier alpha value is -1.10. The standard InChI is InChI=1S/C13H20N2O3/c1-18-13(17)11-8-10(11)12(16)15-6-4-14(5-7-15)9-2-3-9/h9-11H,2-8H2,1H3/t10-,11-/m1/s1. The number of carbonyl (C=O) groups is 2. The van der Waals surface area contributed by atoms with Gasteiger partial charge >= 0.3 is 5.97 Å². The molecule has 5 nitrogen and oxygen atoms in total. The fourth-order valence-electron chi connectivity index (χ4n) is 2.86. The van der Waals surface area contributed by atoms with Crippen molar-refractivity contribution in [3.05, 3.63) is 0 Å². The third kappa shape index (κ3) is 2.23. The average Bonchev–Trinajstić information content (AvgIpc) is 3.30. The fourth-order valence-corrected chi connectivity index (χ4v) is 2.86. The molecular formula is C13H20N2O3. The fraction of sp³-hybridized carbons (Fsp3) is 0.846. The van der Waals surface area contributed by atoms with Gasteiger partial charge < -0.3 is 9.64 Å². The minimum atomic E-state index is -0.232. The first-order valence-electron chi connectivity index (χ1n) is 6.81. The minimum absolute atomic E-state index is 0.107. The van der Waals surface area contributed by atoms with Gasteiger partial charge in [-0.05, 0) is 19.3 Å². The van der Waals surface area contributed by atoms with Gasteiger partial charge in [-0.3, -0.25) is 14.5 Å². The molecule has 100 valence electrons. The Balaban J connectivity index is 1.48. The number of nitrogens with zero attached hydrogens (tertiary/aromatic N) is 2. The normalized spacial score (nSPS) is 32.2. The van der Waals surface area contributed by atoms with E-state index in [1.165, 1.54) is 20.0 Å². The van der Waals surface area contributed by atoms with E-state index in [0.717, 1.165) is 32.2 Å². The van der Waals surface area contributed by atoms with E-state index in [1.54, 1.807) is 0 Å². The van der Waals surface area contributed by atoms with Crippen LogP contribution in [0.4, 0.5) is 0 Å². The van der Waals surface area contributed by atoms with Gasteiger partial charge in [0.15, 0.2) is 0 Å². The molecule has 5 heteroatoms. The van der Waals surface area contributed by atoms with Crippen molar-refractivity contribution in [2.75, 3.05) is 33.3 Å². The van der Waals surface area contributed by atoms with E-state index in [2.05, 4.69) is 9.64 Å². The molecule has 0 N–H and O–H groups in total. The van der Waals surface area contributed by atoms with E-state index in [0.29, 0.717) is 6.42 Å². The van der Waals surface area contributed by atoms with Gasteiger partial charge in [0.05, 0.1) is 18.9 Å². The zero-order valence-corrected chi connectivity index (χ0v) is 10.8. The number of carbonyl (C=O) groups excluding carboxylic acids is 2. The first kappa shape index (κ1) is 12.0. The molecule has 3 rings (SSSR count). The van der Waals surface area contributed by atoms with Gasteiger partial charge in [-0.1, -0.05) is 0 Å². The summed E-state index contributed by atoms with van der Waals surface area (Å²) in [6, 6.07) is 0.783. The number of amides is 1. The van der Waals surface area contributed by atoms with Crippen molar-refractivity contribution in [1.29, 1.82) is 0 Å². The lowest BCUT2D eigenvalue weighted by Gasteiger charge is -2.35. The highest BCUT2D eigenvalue weighted by Crippen LogP contribution is 2.41. The van der Waals surface area contributed by atoms with Crippen LogP contribution in [0.2, 0.25) is 0 Å². The lowest BCUT2D eigenvalue weighted by atomic mass is 10.2. The lowest BCUT2D eigenvalue weighted by Crippen LogP contribution is -2.50. The summed E-state index contributed by atoms with van der Waals surface area (Å²) in [5.74, 6) is -0.361. The molecular weight excluding hydrogens is 232 g/mol. The third-order valence-electron chi connectivity index (χ3n) is 4.30. The molecule has 2 aliphatic carbocycles. The van der Waals surface area contributed by atoms with Crippen molar-refractivity contribution in [2.45, 2.75) is 25.3 Å². The molecule has 18 heavy (non-hydrogen) atoms. The summed E-state index contributed by atoms with van der Waals surface area (Å²) < 4.78 is 4.68. The van der Waals surface area contributed by atoms with Crippen molar-refractivity contribution >= 4 is 11.9 Å². The first-order chi connectivity index (χ1) is 8.70. The Morgan fingerprint density at radius 3 is 2.28 bits per heavy atom. The van der Waals surface area contributed by atoms with Crippen molar-refractivity contribution < 1.29 is 14.3 Å². The summed E-state index contributed by atoms with van der Waals surface area (Å²) in [7, 11) is 1.39. The molecule has 0 unspecified atom stereocenters. The summed E-state index contributed by atoms with van der Waals surface area (Å²) >= 11 is 0. The summed E-state index contributed by atoms with van der Waals surface area (Å²) in [6.07, 6.45) is 3.32. The molecule has 3 fully saturated rings. The Bertz CT molecular complexity index is 359.